The molecule has 0 amide bonds. The fourth-order valence-corrected chi connectivity index (χ4v) is 2.22. The fraction of sp³-hybridized carbons (Fsp3) is 0.300. The number of ether oxygens (including phenoxy) is 2. The van der Waals surface area contributed by atoms with Crippen LogP contribution in [0.5, 0.6) is 5.75 Å². The maximum absolute atomic E-state index is 11.9. The second-order valence-corrected chi connectivity index (χ2v) is 5.95. The first-order chi connectivity index (χ1) is 11.6. The largest absolute Gasteiger partial charge is 0.486 e. The number of carbonyl (C=O) groups excluding carboxylic acids is 2. The normalized spacial score (nSPS) is 10.5. The van der Waals surface area contributed by atoms with Crippen LogP contribution in [0.3, 0.4) is 0 Å². The Balaban J connectivity index is 2.04. The molecule has 0 unspecified atom stereocenters. The lowest BCUT2D eigenvalue weighted by Gasteiger charge is -2.10. The van der Waals surface area contributed by atoms with Gasteiger partial charge in [0.25, 0.3) is 0 Å². The zero-order valence-electron chi connectivity index (χ0n) is 14.0. The topological polar surface area (TPSA) is 52.6 Å². The number of benzene rings is 2. The highest BCUT2D eigenvalue weighted by molar-refractivity contribution is 5.89. The van der Waals surface area contributed by atoms with Crippen molar-refractivity contribution in [3.05, 3.63) is 65.2 Å². The van der Waals surface area contributed by atoms with Crippen LogP contribution < -0.4 is 4.74 Å². The van der Waals surface area contributed by atoms with Gasteiger partial charge in [0.05, 0.1) is 12.2 Å². The van der Waals surface area contributed by atoms with Gasteiger partial charge in [-0.2, -0.15) is 0 Å². The molecule has 0 aliphatic rings. The molecule has 0 radical (unpaired) electrons. The van der Waals surface area contributed by atoms with Crippen LogP contribution in [0.1, 0.15) is 35.3 Å². The molecule has 0 fully saturated rings. The molecule has 0 heterocycles. The third-order valence-corrected chi connectivity index (χ3v) is 3.41. The van der Waals surface area contributed by atoms with Crippen molar-refractivity contribution in [1.29, 1.82) is 0 Å². The second kappa shape index (κ2) is 8.87. The quantitative estimate of drug-likeness (QED) is 0.549. The summed E-state index contributed by atoms with van der Waals surface area (Å²) in [7, 11) is 0. The van der Waals surface area contributed by atoms with Gasteiger partial charge < -0.3 is 9.47 Å². The van der Waals surface area contributed by atoms with Gasteiger partial charge in [-0.15, -0.1) is 0 Å². The monoisotopic (exact) mass is 326 g/mol. The molecule has 0 aliphatic heterocycles. The molecule has 2 aromatic rings. The SMILES string of the molecule is CC(C)COC(=O)c1ccc(Cc2ccccc2OCC=O)cc1. The molecule has 0 spiro atoms. The minimum absolute atomic E-state index is 0.0393. The number of hydrogen-bond donors (Lipinski definition) is 0. The summed E-state index contributed by atoms with van der Waals surface area (Å²) in [6.45, 7) is 4.46. The number of esters is 1. The number of hydrogen-bond acceptors (Lipinski definition) is 4. The van der Waals surface area contributed by atoms with Crippen molar-refractivity contribution < 1.29 is 19.1 Å². The summed E-state index contributed by atoms with van der Waals surface area (Å²) in [5.41, 5.74) is 2.59. The number of aldehydes is 1. The molecule has 0 bridgehead atoms. The molecule has 24 heavy (non-hydrogen) atoms. The van der Waals surface area contributed by atoms with Gasteiger partial charge in [-0.3, -0.25) is 4.79 Å². The van der Waals surface area contributed by atoms with Gasteiger partial charge in [-0.25, -0.2) is 4.79 Å². The van der Waals surface area contributed by atoms with E-state index < -0.39 is 0 Å². The summed E-state index contributed by atoms with van der Waals surface area (Å²) in [5, 5.41) is 0. The van der Waals surface area contributed by atoms with Crippen LogP contribution in [0.15, 0.2) is 48.5 Å². The third kappa shape index (κ3) is 5.23. The van der Waals surface area contributed by atoms with Gasteiger partial charge in [-0.1, -0.05) is 44.2 Å². The first-order valence-corrected chi connectivity index (χ1v) is 8.00. The summed E-state index contributed by atoms with van der Waals surface area (Å²) < 4.78 is 10.7. The lowest BCUT2D eigenvalue weighted by atomic mass is 10.0. The van der Waals surface area contributed by atoms with Crippen LogP contribution in [-0.2, 0) is 16.0 Å². The number of para-hydroxylation sites is 1. The molecular formula is C20H22O4. The van der Waals surface area contributed by atoms with Crippen molar-refractivity contribution in [3.8, 4) is 5.75 Å². The van der Waals surface area contributed by atoms with Crippen molar-refractivity contribution >= 4 is 12.3 Å². The minimum Gasteiger partial charge on any atom is -0.486 e. The van der Waals surface area contributed by atoms with Crippen LogP contribution in [0, 0.1) is 5.92 Å². The Kier molecular flexibility index (Phi) is 6.55. The second-order valence-electron chi connectivity index (χ2n) is 5.95. The summed E-state index contributed by atoms with van der Waals surface area (Å²) in [5.74, 6) is 0.714. The third-order valence-electron chi connectivity index (χ3n) is 3.41. The summed E-state index contributed by atoms with van der Waals surface area (Å²) in [6.07, 6.45) is 1.39. The molecule has 0 saturated heterocycles. The molecule has 126 valence electrons. The smallest absolute Gasteiger partial charge is 0.338 e. The lowest BCUT2D eigenvalue weighted by molar-refractivity contribution is -0.109. The minimum atomic E-state index is -0.301. The number of carbonyl (C=O) groups is 2. The van der Waals surface area contributed by atoms with E-state index in [1.807, 2.05) is 50.2 Å². The first kappa shape index (κ1) is 17.7. The van der Waals surface area contributed by atoms with Gasteiger partial charge in [0.1, 0.15) is 12.4 Å². The molecule has 0 atom stereocenters. The highest BCUT2D eigenvalue weighted by atomic mass is 16.5. The predicted octanol–water partition coefficient (Wildman–Crippen LogP) is 3.67. The lowest BCUT2D eigenvalue weighted by Crippen LogP contribution is -2.10. The summed E-state index contributed by atoms with van der Waals surface area (Å²) >= 11 is 0. The van der Waals surface area contributed by atoms with Gasteiger partial charge in [0.15, 0.2) is 6.29 Å². The highest BCUT2D eigenvalue weighted by Gasteiger charge is 2.09. The van der Waals surface area contributed by atoms with Crippen LogP contribution in [0.25, 0.3) is 0 Å². The molecule has 0 N–H and O–H groups in total. The molecule has 4 nitrogen and oxygen atoms in total. The van der Waals surface area contributed by atoms with Crippen molar-refractivity contribution in [3.63, 3.8) is 0 Å². The Bertz CT molecular complexity index is 674. The Morgan fingerprint density at radius 2 is 1.79 bits per heavy atom. The van der Waals surface area contributed by atoms with Crippen LogP contribution in [0.2, 0.25) is 0 Å². The van der Waals surface area contributed by atoms with E-state index in [2.05, 4.69) is 0 Å². The average Bonchev–Trinajstić information content (AvgIpc) is 2.59. The van der Waals surface area contributed by atoms with Gasteiger partial charge in [0.2, 0.25) is 0 Å². The van der Waals surface area contributed by atoms with E-state index in [4.69, 9.17) is 9.47 Å². The van der Waals surface area contributed by atoms with E-state index in [1.54, 1.807) is 12.1 Å². The molecular weight excluding hydrogens is 304 g/mol. The van der Waals surface area contributed by atoms with E-state index in [9.17, 15) is 9.59 Å². The van der Waals surface area contributed by atoms with Crippen LogP contribution in [0.4, 0.5) is 0 Å². The Morgan fingerprint density at radius 1 is 1.08 bits per heavy atom. The van der Waals surface area contributed by atoms with Crippen molar-refractivity contribution in [2.75, 3.05) is 13.2 Å². The Labute approximate surface area is 142 Å². The summed E-state index contributed by atoms with van der Waals surface area (Å²) in [4.78, 5) is 22.4. The van der Waals surface area contributed by atoms with E-state index in [0.29, 0.717) is 30.3 Å². The van der Waals surface area contributed by atoms with Gasteiger partial charge >= 0.3 is 5.97 Å². The van der Waals surface area contributed by atoms with Crippen molar-refractivity contribution in [2.24, 2.45) is 5.92 Å². The summed E-state index contributed by atoms with van der Waals surface area (Å²) in [6, 6.07) is 15.0. The molecule has 0 aromatic heterocycles. The molecule has 0 aliphatic carbocycles. The first-order valence-electron chi connectivity index (χ1n) is 8.00. The Hall–Kier alpha value is -2.62. The predicted molar refractivity (Wildman–Crippen MR) is 92.4 cm³/mol. The van der Waals surface area contributed by atoms with Crippen molar-refractivity contribution in [2.45, 2.75) is 20.3 Å². The Morgan fingerprint density at radius 3 is 2.46 bits per heavy atom. The maximum Gasteiger partial charge on any atom is 0.338 e. The van der Waals surface area contributed by atoms with E-state index >= 15 is 0 Å². The van der Waals surface area contributed by atoms with Gasteiger partial charge in [-0.05, 0) is 35.2 Å². The van der Waals surface area contributed by atoms with E-state index in [0.717, 1.165) is 17.4 Å². The zero-order valence-corrected chi connectivity index (χ0v) is 14.0. The number of rotatable bonds is 8. The van der Waals surface area contributed by atoms with E-state index in [-0.39, 0.29) is 12.6 Å². The van der Waals surface area contributed by atoms with Crippen LogP contribution in [-0.4, -0.2) is 25.5 Å². The molecule has 2 aromatic carbocycles. The van der Waals surface area contributed by atoms with Gasteiger partial charge in [0, 0.05) is 6.42 Å². The highest BCUT2D eigenvalue weighted by Crippen LogP contribution is 2.21. The van der Waals surface area contributed by atoms with Crippen LogP contribution >= 0.6 is 0 Å². The molecule has 4 heteroatoms. The molecule has 0 saturated carbocycles. The average molecular weight is 326 g/mol. The fourth-order valence-electron chi connectivity index (χ4n) is 2.22. The molecule has 2 rings (SSSR count). The zero-order chi connectivity index (χ0) is 17.4. The van der Waals surface area contributed by atoms with E-state index in [1.165, 1.54) is 0 Å². The van der Waals surface area contributed by atoms with Crippen molar-refractivity contribution in [1.82, 2.24) is 0 Å². The maximum atomic E-state index is 11.9. The standard InChI is InChI=1S/C20H22O4/c1-15(2)14-24-20(22)17-9-7-16(8-10-17)13-18-5-3-4-6-19(18)23-12-11-21/h3-11,15H,12-14H2,1-2H3.